The summed E-state index contributed by atoms with van der Waals surface area (Å²) in [6.07, 6.45) is 15.2. The number of thioether (sulfide) groups is 1. The first-order chi connectivity index (χ1) is 19.8. The Bertz CT molecular complexity index is 1230. The van der Waals surface area contributed by atoms with Gasteiger partial charge in [0, 0.05) is 38.2 Å². The quantitative estimate of drug-likeness (QED) is 0.136. The van der Waals surface area contributed by atoms with E-state index >= 15 is 0 Å². The number of nitrogens with zero attached hydrogens (tertiary/aromatic N) is 4. The van der Waals surface area contributed by atoms with Gasteiger partial charge < -0.3 is 10.0 Å². The number of carboxylic acids is 1. The van der Waals surface area contributed by atoms with E-state index in [0.29, 0.717) is 27.9 Å². The molecule has 0 atom stereocenters. The van der Waals surface area contributed by atoms with Crippen molar-refractivity contribution in [1.82, 2.24) is 9.47 Å². The van der Waals surface area contributed by atoms with Gasteiger partial charge in [0.2, 0.25) is 0 Å². The van der Waals surface area contributed by atoms with Gasteiger partial charge in [0.1, 0.15) is 21.8 Å². The van der Waals surface area contributed by atoms with Gasteiger partial charge in [0.15, 0.2) is 0 Å². The van der Waals surface area contributed by atoms with Gasteiger partial charge in [0.25, 0.3) is 11.5 Å². The molecule has 0 aliphatic carbocycles. The van der Waals surface area contributed by atoms with Crippen LogP contribution in [-0.4, -0.2) is 50.4 Å². The molecule has 0 saturated carbocycles. The summed E-state index contributed by atoms with van der Waals surface area (Å²) in [6.45, 7) is 6.63. The Morgan fingerprint density at radius 2 is 1.61 bits per heavy atom. The van der Waals surface area contributed by atoms with Crippen molar-refractivity contribution in [2.45, 2.75) is 110 Å². The second kappa shape index (κ2) is 16.7. The number of hydrogen-bond donors (Lipinski definition) is 1. The average Bonchev–Trinajstić information content (AvgIpc) is 3.10. The maximum atomic E-state index is 13.5. The number of unbranched alkanes of at least 4 members (excludes halogenated alkanes) is 7. The molecule has 2 aliphatic rings. The Labute approximate surface area is 253 Å². The third-order valence-corrected chi connectivity index (χ3v) is 9.25. The number of hydrogen-bond acceptors (Lipinski definition) is 7. The monoisotopic (exact) mass is 600 g/mol. The van der Waals surface area contributed by atoms with Crippen LogP contribution < -0.4 is 10.5 Å². The molecule has 2 saturated heterocycles. The average molecular weight is 601 g/mol. The van der Waals surface area contributed by atoms with E-state index in [4.69, 9.17) is 17.3 Å². The number of carbonyl (C=O) groups excluding carboxylic acids is 1. The van der Waals surface area contributed by atoms with Gasteiger partial charge in [-0.1, -0.05) is 82.3 Å². The fraction of sp³-hybridized carbons (Fsp3) is 0.645. The van der Waals surface area contributed by atoms with E-state index in [9.17, 15) is 19.6 Å². The molecule has 0 unspecified atom stereocenters. The number of aromatic nitrogens is 1. The number of carbonyl (C=O) groups is 2. The molecule has 10 heteroatoms. The molecule has 1 N–H and O–H groups in total. The second-order valence-electron chi connectivity index (χ2n) is 11.0. The highest BCUT2D eigenvalue weighted by Crippen LogP contribution is 2.36. The molecule has 2 fully saturated rings. The van der Waals surface area contributed by atoms with Crippen LogP contribution in [-0.2, 0) is 16.1 Å². The lowest BCUT2D eigenvalue weighted by atomic mass is 10.0. The fourth-order valence-electron chi connectivity index (χ4n) is 5.63. The van der Waals surface area contributed by atoms with Crippen LogP contribution in [0.2, 0.25) is 0 Å². The van der Waals surface area contributed by atoms with E-state index in [-0.39, 0.29) is 23.5 Å². The second-order valence-corrected chi connectivity index (χ2v) is 12.7. The van der Waals surface area contributed by atoms with Gasteiger partial charge in [-0.2, -0.15) is 5.26 Å². The molecule has 1 amide bonds. The zero-order chi connectivity index (χ0) is 29.8. The van der Waals surface area contributed by atoms with Crippen LogP contribution in [0.1, 0.15) is 114 Å². The molecule has 8 nitrogen and oxygen atoms in total. The van der Waals surface area contributed by atoms with Gasteiger partial charge in [-0.3, -0.25) is 23.9 Å². The summed E-state index contributed by atoms with van der Waals surface area (Å²) in [6, 6.07) is 2.13. The number of pyridine rings is 1. The maximum absolute atomic E-state index is 13.5. The van der Waals surface area contributed by atoms with Crippen molar-refractivity contribution in [2.75, 3.05) is 24.5 Å². The van der Waals surface area contributed by atoms with Crippen molar-refractivity contribution in [3.05, 3.63) is 31.9 Å². The molecule has 224 valence electrons. The Morgan fingerprint density at radius 1 is 1.00 bits per heavy atom. The van der Waals surface area contributed by atoms with Gasteiger partial charge in [-0.05, 0) is 50.7 Å². The van der Waals surface area contributed by atoms with Gasteiger partial charge >= 0.3 is 5.97 Å². The number of carboxylic acid groups (broad SMARTS) is 1. The standard InChI is InChI=1S/C31H44N4O4S2/c1-3-17-34-28(33-18-13-10-11-14-19-33)24(23(2)25(22-32)29(34)38)21-26-30(39)35(31(40)41-26)20-15-9-7-5-4-6-8-12-16-27(36)37/h21H,3-20H2,1-2H3,(H,36,37)/b26-21-. The third kappa shape index (κ3) is 8.92. The fourth-order valence-corrected chi connectivity index (χ4v) is 6.92. The first-order valence-corrected chi connectivity index (χ1v) is 16.4. The molecule has 41 heavy (non-hydrogen) atoms. The van der Waals surface area contributed by atoms with Crippen molar-refractivity contribution in [2.24, 2.45) is 0 Å². The number of amides is 1. The van der Waals surface area contributed by atoms with Gasteiger partial charge in [-0.25, -0.2) is 0 Å². The summed E-state index contributed by atoms with van der Waals surface area (Å²) in [4.78, 5) is 41.9. The molecule has 0 radical (unpaired) electrons. The van der Waals surface area contributed by atoms with E-state index < -0.39 is 5.97 Å². The predicted octanol–water partition coefficient (Wildman–Crippen LogP) is 6.62. The maximum Gasteiger partial charge on any atom is 0.303 e. The van der Waals surface area contributed by atoms with E-state index in [1.807, 2.05) is 19.9 Å². The summed E-state index contributed by atoms with van der Waals surface area (Å²) >= 11 is 6.90. The summed E-state index contributed by atoms with van der Waals surface area (Å²) in [7, 11) is 0. The van der Waals surface area contributed by atoms with Crippen molar-refractivity contribution in [3.8, 4) is 6.07 Å². The van der Waals surface area contributed by atoms with Crippen molar-refractivity contribution in [1.29, 1.82) is 5.26 Å². The minimum absolute atomic E-state index is 0.105. The summed E-state index contributed by atoms with van der Waals surface area (Å²) in [5.41, 5.74) is 1.29. The van der Waals surface area contributed by atoms with Gasteiger partial charge in [0.05, 0.1) is 4.91 Å². The molecular formula is C31H44N4O4S2. The molecule has 3 heterocycles. The molecule has 0 bridgehead atoms. The lowest BCUT2D eigenvalue weighted by Crippen LogP contribution is -2.35. The van der Waals surface area contributed by atoms with E-state index in [1.165, 1.54) is 11.8 Å². The number of nitriles is 1. The number of thiocarbonyl (C=S) groups is 1. The molecule has 3 rings (SSSR count). The van der Waals surface area contributed by atoms with Crippen molar-refractivity contribution >= 4 is 52.1 Å². The summed E-state index contributed by atoms with van der Waals surface area (Å²) in [5, 5.41) is 18.6. The van der Waals surface area contributed by atoms with E-state index in [2.05, 4.69) is 11.0 Å². The Balaban J connectivity index is 1.73. The zero-order valence-electron chi connectivity index (χ0n) is 24.6. The van der Waals surface area contributed by atoms with Gasteiger partial charge in [-0.15, -0.1) is 0 Å². The smallest absolute Gasteiger partial charge is 0.303 e. The predicted molar refractivity (Wildman–Crippen MR) is 170 cm³/mol. The first kappa shape index (κ1) is 32.9. The Morgan fingerprint density at radius 3 is 2.20 bits per heavy atom. The van der Waals surface area contributed by atoms with Crippen LogP contribution in [0.25, 0.3) is 6.08 Å². The highest BCUT2D eigenvalue weighted by molar-refractivity contribution is 8.26. The van der Waals surface area contributed by atoms with E-state index in [0.717, 1.165) is 108 Å². The van der Waals surface area contributed by atoms with Crippen molar-refractivity contribution in [3.63, 3.8) is 0 Å². The number of anilines is 1. The minimum atomic E-state index is -0.726. The zero-order valence-corrected chi connectivity index (χ0v) is 26.2. The Kier molecular flexibility index (Phi) is 13.4. The van der Waals surface area contributed by atoms with Crippen LogP contribution >= 0.6 is 24.0 Å². The van der Waals surface area contributed by atoms with Crippen LogP contribution in [0.3, 0.4) is 0 Å². The molecule has 0 spiro atoms. The van der Waals surface area contributed by atoms with Crippen LogP contribution in [0, 0.1) is 18.3 Å². The molecule has 1 aromatic rings. The Hall–Kier alpha value is -2.64. The SMILES string of the molecule is CCCn1c(N2CCCCCC2)c(/C=C2\SC(=S)N(CCCCCCCCCCC(=O)O)C2=O)c(C)c(C#N)c1=O. The lowest BCUT2D eigenvalue weighted by Gasteiger charge is -2.29. The van der Waals surface area contributed by atoms with E-state index in [1.54, 1.807) is 9.47 Å². The third-order valence-electron chi connectivity index (χ3n) is 7.87. The molecule has 2 aliphatic heterocycles. The topological polar surface area (TPSA) is 107 Å². The number of rotatable bonds is 15. The largest absolute Gasteiger partial charge is 0.481 e. The van der Waals surface area contributed by atoms with Crippen LogP contribution in [0.15, 0.2) is 9.70 Å². The molecular weight excluding hydrogens is 556 g/mol. The van der Waals surface area contributed by atoms with Crippen molar-refractivity contribution < 1.29 is 14.7 Å². The first-order valence-electron chi connectivity index (χ1n) is 15.2. The highest BCUT2D eigenvalue weighted by Gasteiger charge is 2.33. The highest BCUT2D eigenvalue weighted by atomic mass is 32.2. The summed E-state index contributed by atoms with van der Waals surface area (Å²) < 4.78 is 2.30. The van der Waals surface area contributed by atoms with Crippen LogP contribution in [0.4, 0.5) is 5.82 Å². The lowest BCUT2D eigenvalue weighted by molar-refractivity contribution is -0.137. The normalized spacial score (nSPS) is 16.9. The molecule has 0 aromatic carbocycles. The molecule has 1 aromatic heterocycles. The van der Waals surface area contributed by atoms with Crippen LogP contribution in [0.5, 0.6) is 0 Å². The minimum Gasteiger partial charge on any atom is -0.481 e. The summed E-state index contributed by atoms with van der Waals surface area (Å²) in [5.74, 6) is -0.00851. The number of aliphatic carboxylic acids is 1.